The third-order valence-electron chi connectivity index (χ3n) is 6.74. The number of benzene rings is 2. The average Bonchev–Trinajstić information content (AvgIpc) is 3.55. The molecule has 37 heavy (non-hydrogen) atoms. The molecule has 1 saturated heterocycles. The standard InChI is InChI=1S/C28H30N6O3/c1-18(2)36-25-10-7-19(15-20(25)16-29)28-31-27(32-37-28)23-6-4-5-22-21(23)8-9-24(22)30-17-26(35)34-13-11-33(3)12-14-34/h4-7,10,15,18H,8-9,11-14,17H2,1-3H3/b30-24-. The third kappa shape index (κ3) is 5.25. The lowest BCUT2D eigenvalue weighted by Crippen LogP contribution is -2.47. The summed E-state index contributed by atoms with van der Waals surface area (Å²) in [6, 6.07) is 13.4. The van der Waals surface area contributed by atoms with Crippen molar-refractivity contribution < 1.29 is 14.1 Å². The number of piperazine rings is 1. The van der Waals surface area contributed by atoms with Crippen LogP contribution < -0.4 is 4.74 Å². The number of fused-ring (bicyclic) bond motifs is 1. The fraction of sp³-hybridized carbons (Fsp3) is 0.393. The van der Waals surface area contributed by atoms with Crippen LogP contribution in [0.25, 0.3) is 22.8 Å². The van der Waals surface area contributed by atoms with Gasteiger partial charge in [-0.15, -0.1) is 0 Å². The van der Waals surface area contributed by atoms with Gasteiger partial charge in [-0.1, -0.05) is 23.4 Å². The van der Waals surface area contributed by atoms with E-state index in [0.717, 1.165) is 61.4 Å². The summed E-state index contributed by atoms with van der Waals surface area (Å²) in [7, 11) is 2.07. The molecule has 1 aliphatic heterocycles. The Morgan fingerprint density at radius 2 is 1.95 bits per heavy atom. The van der Waals surface area contributed by atoms with Crippen LogP contribution in [-0.2, 0) is 11.2 Å². The number of nitrogens with zero attached hydrogens (tertiary/aromatic N) is 6. The van der Waals surface area contributed by atoms with Gasteiger partial charge in [-0.2, -0.15) is 10.2 Å². The van der Waals surface area contributed by atoms with Crippen molar-refractivity contribution >= 4 is 11.6 Å². The molecular weight excluding hydrogens is 468 g/mol. The van der Waals surface area contributed by atoms with Crippen molar-refractivity contribution in [3.8, 4) is 34.7 Å². The van der Waals surface area contributed by atoms with Gasteiger partial charge in [-0.25, -0.2) is 0 Å². The van der Waals surface area contributed by atoms with E-state index in [9.17, 15) is 10.1 Å². The number of likely N-dealkylation sites (N-methyl/N-ethyl adjacent to an activating group) is 1. The molecule has 2 aliphatic rings. The molecule has 0 saturated carbocycles. The minimum absolute atomic E-state index is 0.0357. The summed E-state index contributed by atoms with van der Waals surface area (Å²) < 4.78 is 11.3. The quantitative estimate of drug-likeness (QED) is 0.511. The molecule has 2 heterocycles. The van der Waals surface area contributed by atoms with E-state index < -0.39 is 0 Å². The van der Waals surface area contributed by atoms with Crippen molar-refractivity contribution in [3.05, 3.63) is 53.1 Å². The molecular formula is C28H30N6O3. The fourth-order valence-electron chi connectivity index (χ4n) is 4.75. The molecule has 9 nitrogen and oxygen atoms in total. The highest BCUT2D eigenvalue weighted by atomic mass is 16.5. The Kier molecular flexibility index (Phi) is 7.01. The molecule has 0 atom stereocenters. The van der Waals surface area contributed by atoms with Gasteiger partial charge in [0, 0.05) is 43.0 Å². The lowest BCUT2D eigenvalue weighted by molar-refractivity contribution is -0.131. The second kappa shape index (κ2) is 10.5. The minimum atomic E-state index is -0.0357. The Hall–Kier alpha value is -4.03. The van der Waals surface area contributed by atoms with Crippen LogP contribution >= 0.6 is 0 Å². The van der Waals surface area contributed by atoms with Crippen LogP contribution in [0.5, 0.6) is 5.75 Å². The maximum atomic E-state index is 12.7. The van der Waals surface area contributed by atoms with E-state index in [4.69, 9.17) is 14.3 Å². The van der Waals surface area contributed by atoms with E-state index in [1.165, 1.54) is 0 Å². The monoisotopic (exact) mass is 498 g/mol. The van der Waals surface area contributed by atoms with Gasteiger partial charge in [-0.3, -0.25) is 9.79 Å². The van der Waals surface area contributed by atoms with E-state index >= 15 is 0 Å². The summed E-state index contributed by atoms with van der Waals surface area (Å²) in [5.74, 6) is 1.43. The van der Waals surface area contributed by atoms with Crippen LogP contribution in [0.2, 0.25) is 0 Å². The number of rotatable bonds is 6. The number of hydrogen-bond donors (Lipinski definition) is 0. The van der Waals surface area contributed by atoms with Gasteiger partial charge >= 0.3 is 0 Å². The molecule has 1 aliphatic carbocycles. The van der Waals surface area contributed by atoms with Crippen molar-refractivity contribution in [2.24, 2.45) is 4.99 Å². The van der Waals surface area contributed by atoms with Crippen LogP contribution in [0.15, 0.2) is 45.9 Å². The first-order valence-electron chi connectivity index (χ1n) is 12.6. The molecule has 2 aromatic carbocycles. The Bertz CT molecular complexity index is 1380. The largest absolute Gasteiger partial charge is 0.490 e. The maximum absolute atomic E-state index is 12.7. The molecule has 1 aromatic heterocycles. The fourth-order valence-corrected chi connectivity index (χ4v) is 4.75. The third-order valence-corrected chi connectivity index (χ3v) is 6.74. The second-order valence-corrected chi connectivity index (χ2v) is 9.69. The summed E-state index contributed by atoms with van der Waals surface area (Å²) in [6.45, 7) is 7.31. The Labute approximate surface area is 216 Å². The predicted octanol–water partition coefficient (Wildman–Crippen LogP) is 3.57. The summed E-state index contributed by atoms with van der Waals surface area (Å²) >= 11 is 0. The Morgan fingerprint density at radius 1 is 1.16 bits per heavy atom. The zero-order valence-corrected chi connectivity index (χ0v) is 21.4. The second-order valence-electron chi connectivity index (χ2n) is 9.69. The number of hydrogen-bond acceptors (Lipinski definition) is 8. The van der Waals surface area contributed by atoms with Crippen LogP contribution in [0.3, 0.4) is 0 Å². The lowest BCUT2D eigenvalue weighted by Gasteiger charge is -2.32. The number of aliphatic imine (C=N–C) groups is 1. The minimum Gasteiger partial charge on any atom is -0.490 e. The SMILES string of the molecule is CC(C)Oc1ccc(-c2nc(-c3cccc4c3CC/C4=N/CC(=O)N3CCN(C)CC3)no2)cc1C#N. The van der Waals surface area contributed by atoms with E-state index in [1.807, 2.05) is 43.0 Å². The molecule has 1 amide bonds. The molecule has 0 unspecified atom stereocenters. The first-order valence-corrected chi connectivity index (χ1v) is 12.6. The van der Waals surface area contributed by atoms with Crippen molar-refractivity contribution in [1.29, 1.82) is 5.26 Å². The van der Waals surface area contributed by atoms with E-state index in [0.29, 0.717) is 28.6 Å². The van der Waals surface area contributed by atoms with Gasteiger partial charge in [0.1, 0.15) is 18.4 Å². The molecule has 9 heteroatoms. The van der Waals surface area contributed by atoms with Crippen molar-refractivity contribution in [3.63, 3.8) is 0 Å². The van der Waals surface area contributed by atoms with Crippen molar-refractivity contribution in [2.75, 3.05) is 39.8 Å². The molecule has 0 N–H and O–H groups in total. The van der Waals surface area contributed by atoms with Gasteiger partial charge in [0.2, 0.25) is 11.7 Å². The smallest absolute Gasteiger partial charge is 0.258 e. The Morgan fingerprint density at radius 3 is 2.70 bits per heavy atom. The normalized spacial score (nSPS) is 16.7. The van der Waals surface area contributed by atoms with Gasteiger partial charge < -0.3 is 19.1 Å². The highest BCUT2D eigenvalue weighted by Crippen LogP contribution is 2.33. The summed E-state index contributed by atoms with van der Waals surface area (Å²) in [5, 5.41) is 13.8. The van der Waals surface area contributed by atoms with Gasteiger partial charge in [0.25, 0.3) is 5.89 Å². The molecule has 3 aromatic rings. The Balaban J connectivity index is 1.35. The number of carbonyl (C=O) groups is 1. The highest BCUT2D eigenvalue weighted by molar-refractivity contribution is 6.06. The van der Waals surface area contributed by atoms with Crippen LogP contribution in [-0.4, -0.2) is 77.4 Å². The highest BCUT2D eigenvalue weighted by Gasteiger charge is 2.25. The molecule has 1 fully saturated rings. The molecule has 5 rings (SSSR count). The maximum Gasteiger partial charge on any atom is 0.258 e. The van der Waals surface area contributed by atoms with Crippen molar-refractivity contribution in [1.82, 2.24) is 19.9 Å². The number of carbonyl (C=O) groups excluding carboxylic acids is 1. The van der Waals surface area contributed by atoms with Gasteiger partial charge in [0.15, 0.2) is 0 Å². The molecule has 0 radical (unpaired) electrons. The molecule has 190 valence electrons. The van der Waals surface area contributed by atoms with Crippen molar-refractivity contribution in [2.45, 2.75) is 32.8 Å². The van der Waals surface area contributed by atoms with E-state index in [-0.39, 0.29) is 18.6 Å². The first kappa shape index (κ1) is 24.7. The topological polar surface area (TPSA) is 108 Å². The van der Waals surface area contributed by atoms with E-state index in [1.54, 1.807) is 12.1 Å². The van der Waals surface area contributed by atoms with Gasteiger partial charge in [0.05, 0.1) is 11.7 Å². The number of nitriles is 1. The van der Waals surface area contributed by atoms with E-state index in [2.05, 4.69) is 28.2 Å². The van der Waals surface area contributed by atoms with Gasteiger partial charge in [-0.05, 0) is 63.1 Å². The first-order chi connectivity index (χ1) is 17.9. The van der Waals surface area contributed by atoms with Crippen LogP contribution in [0, 0.1) is 11.3 Å². The number of ether oxygens (including phenoxy) is 1. The summed E-state index contributed by atoms with van der Waals surface area (Å²) in [4.78, 5) is 26.1. The van der Waals surface area contributed by atoms with Crippen LogP contribution in [0.1, 0.15) is 37.0 Å². The predicted molar refractivity (Wildman–Crippen MR) is 139 cm³/mol. The average molecular weight is 499 g/mol. The number of amides is 1. The zero-order chi connectivity index (χ0) is 25.9. The molecule has 0 bridgehead atoms. The molecule has 0 spiro atoms. The number of aromatic nitrogens is 2. The lowest BCUT2D eigenvalue weighted by atomic mass is 10.0. The zero-order valence-electron chi connectivity index (χ0n) is 21.4. The van der Waals surface area contributed by atoms with Crippen LogP contribution in [0.4, 0.5) is 0 Å². The summed E-state index contributed by atoms with van der Waals surface area (Å²) in [6.07, 6.45) is 1.54. The summed E-state index contributed by atoms with van der Waals surface area (Å²) in [5.41, 5.74) is 5.06.